The van der Waals surface area contributed by atoms with Crippen molar-refractivity contribution in [1.29, 1.82) is 0 Å². The van der Waals surface area contributed by atoms with Crippen molar-refractivity contribution in [3.8, 4) is 0 Å². The number of aliphatic hydroxyl groups is 2. The average molecular weight is 894 g/mol. The van der Waals surface area contributed by atoms with Gasteiger partial charge in [0.05, 0.1) is 25.2 Å². The standard InChI is InChI=1S/C58H103NO5/c1-4-7-10-13-16-19-22-25-27-28-30-32-34-37-40-43-46-49-54(64-58(63)51-48-45-42-39-36-31-24-21-18-15-12-9-6-3)52-57(62)59-55(53-60)56(61)50-47-44-41-38-35-33-29-26-23-20-17-14-11-8-5-2/h7,10,16,19,25,27,30-32,36-37,40,54-56,60-61H,4-6,8-9,11-15,17-18,20-24,26,28-29,33-35,38-39,41-53H2,1-3H3,(H,59,62)/b10-7-,19-16-,27-25-,32-30-,36-31-,40-37-. The molecule has 0 aromatic carbocycles. The summed E-state index contributed by atoms with van der Waals surface area (Å²) < 4.78 is 5.91. The van der Waals surface area contributed by atoms with E-state index in [9.17, 15) is 19.8 Å². The van der Waals surface area contributed by atoms with Crippen molar-refractivity contribution in [2.24, 2.45) is 0 Å². The molecule has 0 fully saturated rings. The molecule has 0 bridgehead atoms. The summed E-state index contributed by atoms with van der Waals surface area (Å²) in [7, 11) is 0. The predicted octanol–water partition coefficient (Wildman–Crippen LogP) is 16.6. The summed E-state index contributed by atoms with van der Waals surface area (Å²) in [6.07, 6.45) is 65.4. The van der Waals surface area contributed by atoms with Crippen LogP contribution >= 0.6 is 0 Å². The zero-order chi connectivity index (χ0) is 46.7. The third kappa shape index (κ3) is 45.9. The number of ether oxygens (including phenoxy) is 1. The van der Waals surface area contributed by atoms with Gasteiger partial charge in [-0.25, -0.2) is 0 Å². The van der Waals surface area contributed by atoms with E-state index in [2.05, 4.69) is 99.0 Å². The van der Waals surface area contributed by atoms with Crippen molar-refractivity contribution < 1.29 is 24.5 Å². The number of esters is 1. The lowest BCUT2D eigenvalue weighted by atomic mass is 10.0. The second-order valence-electron chi connectivity index (χ2n) is 18.2. The Morgan fingerprint density at radius 2 is 0.859 bits per heavy atom. The summed E-state index contributed by atoms with van der Waals surface area (Å²) in [4.78, 5) is 26.2. The molecule has 0 radical (unpaired) electrons. The zero-order valence-corrected chi connectivity index (χ0v) is 42.1. The fourth-order valence-electron chi connectivity index (χ4n) is 7.93. The third-order valence-electron chi connectivity index (χ3n) is 12.0. The minimum Gasteiger partial charge on any atom is -0.462 e. The molecule has 0 aliphatic carbocycles. The van der Waals surface area contributed by atoms with Gasteiger partial charge in [0.1, 0.15) is 6.10 Å². The molecule has 6 heteroatoms. The fraction of sp³-hybridized carbons (Fsp3) is 0.759. The summed E-state index contributed by atoms with van der Waals surface area (Å²) in [5.74, 6) is -0.548. The van der Waals surface area contributed by atoms with Crippen LogP contribution in [0, 0.1) is 0 Å². The first-order chi connectivity index (χ1) is 31.5. The summed E-state index contributed by atoms with van der Waals surface area (Å²) in [6.45, 7) is 6.35. The number of hydrogen-bond acceptors (Lipinski definition) is 5. The highest BCUT2D eigenvalue weighted by atomic mass is 16.5. The van der Waals surface area contributed by atoms with E-state index in [1.54, 1.807) is 0 Å². The Labute approximate surface area is 396 Å². The highest BCUT2D eigenvalue weighted by Crippen LogP contribution is 2.17. The molecule has 3 N–H and O–H groups in total. The minimum absolute atomic E-state index is 0.0307. The Hall–Kier alpha value is -2.70. The van der Waals surface area contributed by atoms with E-state index in [4.69, 9.17) is 4.74 Å². The fourth-order valence-corrected chi connectivity index (χ4v) is 7.93. The van der Waals surface area contributed by atoms with Gasteiger partial charge in [-0.1, -0.05) is 229 Å². The first kappa shape index (κ1) is 61.3. The number of amides is 1. The maximum atomic E-state index is 13.2. The lowest BCUT2D eigenvalue weighted by molar-refractivity contribution is -0.151. The Bertz CT molecular complexity index is 1190. The molecule has 0 aliphatic heterocycles. The van der Waals surface area contributed by atoms with Gasteiger partial charge < -0.3 is 20.3 Å². The van der Waals surface area contributed by atoms with E-state index in [0.717, 1.165) is 96.3 Å². The monoisotopic (exact) mass is 894 g/mol. The van der Waals surface area contributed by atoms with E-state index in [-0.39, 0.29) is 24.9 Å². The smallest absolute Gasteiger partial charge is 0.306 e. The van der Waals surface area contributed by atoms with Crippen molar-refractivity contribution in [3.63, 3.8) is 0 Å². The van der Waals surface area contributed by atoms with Gasteiger partial charge in [0, 0.05) is 6.42 Å². The minimum atomic E-state index is -0.808. The maximum Gasteiger partial charge on any atom is 0.306 e. The molecule has 0 aromatic rings. The van der Waals surface area contributed by atoms with Crippen LogP contribution in [0.4, 0.5) is 0 Å². The Morgan fingerprint density at radius 3 is 1.33 bits per heavy atom. The molecule has 0 rings (SSSR count). The van der Waals surface area contributed by atoms with E-state index >= 15 is 0 Å². The van der Waals surface area contributed by atoms with E-state index < -0.39 is 18.2 Å². The number of carbonyl (C=O) groups is 2. The molecule has 3 atom stereocenters. The molecular formula is C58H103NO5. The maximum absolute atomic E-state index is 13.2. The average Bonchev–Trinajstić information content (AvgIpc) is 3.29. The van der Waals surface area contributed by atoms with Gasteiger partial charge in [-0.05, 0) is 89.9 Å². The molecule has 0 aromatic heterocycles. The Kier molecular flexibility index (Phi) is 49.1. The lowest BCUT2D eigenvalue weighted by Gasteiger charge is -2.24. The van der Waals surface area contributed by atoms with Crippen molar-refractivity contribution in [2.45, 2.75) is 277 Å². The van der Waals surface area contributed by atoms with Gasteiger partial charge in [0.2, 0.25) is 5.91 Å². The highest BCUT2D eigenvalue weighted by Gasteiger charge is 2.24. The summed E-state index contributed by atoms with van der Waals surface area (Å²) in [5, 5.41) is 23.8. The molecule has 0 spiro atoms. The number of allylic oxidation sites excluding steroid dienone is 12. The summed E-state index contributed by atoms with van der Waals surface area (Å²) in [5.41, 5.74) is 0. The molecule has 0 aliphatic rings. The van der Waals surface area contributed by atoms with Crippen LogP contribution in [-0.4, -0.2) is 46.9 Å². The van der Waals surface area contributed by atoms with E-state index in [0.29, 0.717) is 19.3 Å². The number of carbonyl (C=O) groups excluding carboxylic acids is 2. The van der Waals surface area contributed by atoms with Crippen LogP contribution in [0.3, 0.4) is 0 Å². The van der Waals surface area contributed by atoms with Crippen LogP contribution in [0.15, 0.2) is 72.9 Å². The Morgan fingerprint density at radius 1 is 0.469 bits per heavy atom. The second kappa shape index (κ2) is 51.3. The normalized spacial score (nSPS) is 13.8. The predicted molar refractivity (Wildman–Crippen MR) is 278 cm³/mol. The van der Waals surface area contributed by atoms with Crippen LogP contribution < -0.4 is 5.32 Å². The molecule has 0 saturated heterocycles. The Balaban J connectivity index is 4.69. The molecule has 0 heterocycles. The molecule has 0 saturated carbocycles. The third-order valence-corrected chi connectivity index (χ3v) is 12.0. The number of aliphatic hydroxyl groups excluding tert-OH is 2. The van der Waals surface area contributed by atoms with Gasteiger partial charge in [-0.3, -0.25) is 9.59 Å². The largest absolute Gasteiger partial charge is 0.462 e. The zero-order valence-electron chi connectivity index (χ0n) is 42.1. The first-order valence-electron chi connectivity index (χ1n) is 27.2. The van der Waals surface area contributed by atoms with Gasteiger partial charge >= 0.3 is 5.97 Å². The number of unbranched alkanes of at least 4 members (excludes halogenated alkanes) is 24. The van der Waals surface area contributed by atoms with Gasteiger partial charge in [0.25, 0.3) is 0 Å². The number of hydrogen-bond donors (Lipinski definition) is 3. The van der Waals surface area contributed by atoms with Crippen LogP contribution in [0.5, 0.6) is 0 Å². The molecule has 64 heavy (non-hydrogen) atoms. The van der Waals surface area contributed by atoms with Crippen LogP contribution in [0.1, 0.15) is 258 Å². The summed E-state index contributed by atoms with van der Waals surface area (Å²) >= 11 is 0. The van der Waals surface area contributed by atoms with Crippen LogP contribution in [0.25, 0.3) is 0 Å². The van der Waals surface area contributed by atoms with E-state index in [1.807, 2.05) is 0 Å². The molecule has 370 valence electrons. The van der Waals surface area contributed by atoms with Crippen LogP contribution in [0.2, 0.25) is 0 Å². The lowest BCUT2D eigenvalue weighted by Crippen LogP contribution is -2.46. The van der Waals surface area contributed by atoms with Gasteiger partial charge in [0.15, 0.2) is 0 Å². The van der Waals surface area contributed by atoms with Gasteiger partial charge in [-0.15, -0.1) is 0 Å². The quantitative estimate of drug-likeness (QED) is 0.0321. The molecule has 3 unspecified atom stereocenters. The topological polar surface area (TPSA) is 95.9 Å². The van der Waals surface area contributed by atoms with Crippen molar-refractivity contribution in [3.05, 3.63) is 72.9 Å². The number of nitrogens with one attached hydrogen (secondary N) is 1. The summed E-state index contributed by atoms with van der Waals surface area (Å²) in [6, 6.07) is -0.725. The second-order valence-corrected chi connectivity index (χ2v) is 18.2. The first-order valence-corrected chi connectivity index (χ1v) is 27.2. The number of rotatable bonds is 48. The van der Waals surface area contributed by atoms with E-state index in [1.165, 1.54) is 116 Å². The molecule has 1 amide bonds. The SMILES string of the molecule is CC/C=C\C/C=C\C/C=C\C/C=C\C/C=C\CCCC(CC(=O)NC(CO)C(O)CCCCCCCCCCCCCCCCC)OC(=O)CCCCC/C=C\CCCCCCCC. The highest BCUT2D eigenvalue weighted by molar-refractivity contribution is 5.77. The van der Waals surface area contributed by atoms with Gasteiger partial charge in [-0.2, -0.15) is 0 Å². The van der Waals surface area contributed by atoms with Crippen LogP contribution in [-0.2, 0) is 14.3 Å². The molecular weight excluding hydrogens is 791 g/mol. The van der Waals surface area contributed by atoms with Crippen molar-refractivity contribution in [1.82, 2.24) is 5.32 Å². The van der Waals surface area contributed by atoms with Crippen molar-refractivity contribution in [2.75, 3.05) is 6.61 Å². The van der Waals surface area contributed by atoms with Crippen molar-refractivity contribution >= 4 is 11.9 Å². The molecule has 6 nitrogen and oxygen atoms in total.